The van der Waals surface area contributed by atoms with Crippen molar-refractivity contribution >= 4 is 33.3 Å². The number of aliphatic imine (C=N–C) groups is 1. The predicted octanol–water partition coefficient (Wildman–Crippen LogP) is 13.1. The lowest BCUT2D eigenvalue weighted by molar-refractivity contribution is 0.415. The van der Waals surface area contributed by atoms with E-state index in [0.717, 1.165) is 25.1 Å². The van der Waals surface area contributed by atoms with Crippen molar-refractivity contribution in [2.75, 3.05) is 0 Å². The molecular weight excluding hydrogens is 753 g/mol. The summed E-state index contributed by atoms with van der Waals surface area (Å²) in [4.78, 5) is 5.46. The van der Waals surface area contributed by atoms with Crippen molar-refractivity contribution in [3.05, 3.63) is 246 Å². The molecule has 4 heteroatoms. The Morgan fingerprint density at radius 1 is 0.581 bits per heavy atom. The van der Waals surface area contributed by atoms with Crippen LogP contribution in [0, 0.1) is 5.92 Å². The number of hydrogen-bond donors (Lipinski definition) is 2. The largest absolute Gasteiger partial charge is 0.354 e. The van der Waals surface area contributed by atoms with Crippen LogP contribution >= 0.6 is 0 Å². The van der Waals surface area contributed by atoms with Gasteiger partial charge < -0.3 is 9.88 Å². The van der Waals surface area contributed by atoms with Crippen LogP contribution in [0.3, 0.4) is 0 Å². The van der Waals surface area contributed by atoms with Gasteiger partial charge in [0.1, 0.15) is 18.2 Å². The van der Waals surface area contributed by atoms with Gasteiger partial charge in [0.15, 0.2) is 0 Å². The van der Waals surface area contributed by atoms with E-state index in [1.54, 1.807) is 0 Å². The van der Waals surface area contributed by atoms with Crippen molar-refractivity contribution in [1.29, 1.82) is 0 Å². The van der Waals surface area contributed by atoms with E-state index >= 15 is 0 Å². The number of rotatable bonds is 7. The summed E-state index contributed by atoms with van der Waals surface area (Å²) in [6.45, 7) is 0. The highest BCUT2D eigenvalue weighted by Crippen LogP contribution is 2.57. The topological polar surface area (TPSA) is 41.4 Å². The molecule has 0 saturated heterocycles. The number of aromatic nitrogens is 1. The molecule has 4 nitrogen and oxygen atoms in total. The van der Waals surface area contributed by atoms with Crippen LogP contribution in [0.1, 0.15) is 53.2 Å². The minimum absolute atomic E-state index is 0.0572. The van der Waals surface area contributed by atoms with Gasteiger partial charge in [-0.05, 0) is 92.8 Å². The molecule has 0 amide bonds. The van der Waals surface area contributed by atoms with E-state index < -0.39 is 5.41 Å². The van der Waals surface area contributed by atoms with Gasteiger partial charge in [-0.1, -0.05) is 188 Å². The Balaban J connectivity index is 1.06. The molecule has 0 bridgehead atoms. The van der Waals surface area contributed by atoms with Crippen LogP contribution in [0.25, 0.3) is 49.8 Å². The van der Waals surface area contributed by atoms with Crippen LogP contribution in [0.2, 0.25) is 0 Å². The molecule has 3 unspecified atom stereocenters. The van der Waals surface area contributed by atoms with E-state index in [1.165, 1.54) is 83.1 Å². The Kier molecular flexibility index (Phi) is 8.86. The molecule has 0 spiro atoms. The Bertz CT molecular complexity index is 3110. The Labute approximate surface area is 363 Å². The maximum atomic E-state index is 5.46. The lowest BCUT2D eigenvalue weighted by Crippen LogP contribution is -2.50. The molecule has 0 fully saturated rings. The van der Waals surface area contributed by atoms with Crippen LogP contribution in [0.5, 0.6) is 0 Å². The molecule has 0 saturated carbocycles. The second kappa shape index (κ2) is 15.0. The molecule has 2 heterocycles. The van der Waals surface area contributed by atoms with E-state index in [0.29, 0.717) is 0 Å². The van der Waals surface area contributed by atoms with Gasteiger partial charge in [-0.2, -0.15) is 0 Å². The monoisotopic (exact) mass is 798 g/mol. The highest BCUT2D eigenvalue weighted by atomic mass is 15.3. The fourth-order valence-electron chi connectivity index (χ4n) is 10.7. The summed E-state index contributed by atoms with van der Waals surface area (Å²) in [7, 11) is 0. The third-order valence-corrected chi connectivity index (χ3v) is 13.6. The van der Waals surface area contributed by atoms with Crippen molar-refractivity contribution in [3.63, 3.8) is 0 Å². The predicted molar refractivity (Wildman–Crippen MR) is 257 cm³/mol. The molecular formula is C58H46N4. The summed E-state index contributed by atoms with van der Waals surface area (Å²) in [5.74, 6) is 1.08. The first-order chi connectivity index (χ1) is 30.7. The van der Waals surface area contributed by atoms with Crippen molar-refractivity contribution < 1.29 is 0 Å². The Morgan fingerprint density at radius 2 is 1.27 bits per heavy atom. The third kappa shape index (κ3) is 5.89. The minimum Gasteiger partial charge on any atom is -0.354 e. The summed E-state index contributed by atoms with van der Waals surface area (Å²) in [6.07, 6.45) is 16.3. The Hall–Kier alpha value is -7.27. The second-order valence-electron chi connectivity index (χ2n) is 17.0. The van der Waals surface area contributed by atoms with Crippen molar-refractivity contribution in [1.82, 2.24) is 15.2 Å². The minimum atomic E-state index is -0.499. The normalized spacial score (nSPS) is 19.9. The van der Waals surface area contributed by atoms with Crippen LogP contribution in [0.15, 0.2) is 223 Å². The van der Waals surface area contributed by atoms with Gasteiger partial charge in [0, 0.05) is 28.8 Å². The zero-order valence-corrected chi connectivity index (χ0v) is 34.5. The van der Waals surface area contributed by atoms with Crippen molar-refractivity contribution in [2.24, 2.45) is 10.9 Å². The number of fused-ring (bicyclic) bond motifs is 6. The third-order valence-electron chi connectivity index (χ3n) is 13.6. The maximum Gasteiger partial charge on any atom is 0.125 e. The maximum absolute atomic E-state index is 5.46. The van der Waals surface area contributed by atoms with Crippen LogP contribution in [-0.4, -0.2) is 16.6 Å². The zero-order chi connectivity index (χ0) is 41.0. The van der Waals surface area contributed by atoms with Crippen LogP contribution in [-0.2, 0) is 5.41 Å². The average molecular weight is 799 g/mol. The molecule has 3 aliphatic carbocycles. The molecule has 298 valence electrons. The number of allylic oxidation sites excluding steroid dienone is 6. The smallest absolute Gasteiger partial charge is 0.125 e. The van der Waals surface area contributed by atoms with E-state index in [4.69, 9.17) is 4.99 Å². The van der Waals surface area contributed by atoms with Crippen molar-refractivity contribution in [2.45, 2.75) is 37.0 Å². The molecule has 12 rings (SSSR count). The molecule has 4 aliphatic rings. The first-order valence-corrected chi connectivity index (χ1v) is 22.0. The lowest BCUT2D eigenvalue weighted by Gasteiger charge is -2.36. The summed E-state index contributed by atoms with van der Waals surface area (Å²) >= 11 is 0. The summed E-state index contributed by atoms with van der Waals surface area (Å²) in [6, 6.07) is 64.9. The number of nitrogens with one attached hydrogen (secondary N) is 2. The van der Waals surface area contributed by atoms with E-state index in [9.17, 15) is 0 Å². The quantitative estimate of drug-likeness (QED) is 0.169. The van der Waals surface area contributed by atoms with Gasteiger partial charge in [-0.25, -0.2) is 4.99 Å². The van der Waals surface area contributed by atoms with Gasteiger partial charge >= 0.3 is 0 Å². The number of benzene rings is 7. The first-order valence-electron chi connectivity index (χ1n) is 22.0. The molecule has 3 atom stereocenters. The van der Waals surface area contributed by atoms with E-state index in [-0.39, 0.29) is 18.2 Å². The molecule has 1 aliphatic heterocycles. The fourth-order valence-corrected chi connectivity index (χ4v) is 10.7. The number of hydrogen-bond acceptors (Lipinski definition) is 3. The number of amidine groups is 1. The summed E-state index contributed by atoms with van der Waals surface area (Å²) in [5.41, 5.74) is 15.9. The Morgan fingerprint density at radius 3 is 2.02 bits per heavy atom. The second-order valence-corrected chi connectivity index (χ2v) is 17.0. The molecule has 0 radical (unpaired) electrons. The zero-order valence-electron chi connectivity index (χ0n) is 34.5. The van der Waals surface area contributed by atoms with Gasteiger partial charge in [-0.3, -0.25) is 5.32 Å². The fraction of sp³-hybridized carbons (Fsp3) is 0.121. The lowest BCUT2D eigenvalue weighted by atomic mass is 9.67. The molecule has 1 aromatic heterocycles. The molecule has 7 aromatic carbocycles. The van der Waals surface area contributed by atoms with E-state index in [2.05, 4.69) is 228 Å². The first kappa shape index (κ1) is 36.6. The summed E-state index contributed by atoms with van der Waals surface area (Å²) < 4.78 is 2.57. The molecule has 2 N–H and O–H groups in total. The molecule has 8 aromatic rings. The van der Waals surface area contributed by atoms with Crippen molar-refractivity contribution in [3.8, 4) is 22.3 Å². The summed E-state index contributed by atoms with van der Waals surface area (Å²) in [5, 5.41) is 10.2. The van der Waals surface area contributed by atoms with Gasteiger partial charge in [-0.15, -0.1) is 0 Å². The van der Waals surface area contributed by atoms with Crippen LogP contribution < -0.4 is 10.6 Å². The highest BCUT2D eigenvalue weighted by molar-refractivity contribution is 6.13. The standard InChI is InChI=1S/C58H46N4/c1-6-19-39(20-7-1)42-33-34-48-50-37-49-47-31-16-17-32-51(47)58(44-26-12-4-13-27-44,45-28-14-5-15-29-45)52(49)38-54(50)62(53(48)36-42)46-30-18-25-43(35-46)57-60-55(40-21-8-2-9-22-40)59-56(61-57)41-23-10-3-11-24-41/h1-10,12-23,25-34,36-38,43,55-56,59H,11,24,35H2,(H,60,61). The average Bonchev–Trinajstić information content (AvgIpc) is 3.84. The van der Waals surface area contributed by atoms with E-state index in [1.807, 2.05) is 0 Å². The highest BCUT2D eigenvalue weighted by Gasteiger charge is 2.46. The van der Waals surface area contributed by atoms with Gasteiger partial charge in [0.25, 0.3) is 0 Å². The van der Waals surface area contributed by atoms with Gasteiger partial charge in [0.05, 0.1) is 16.4 Å². The molecule has 62 heavy (non-hydrogen) atoms. The SMILES string of the molecule is C1=CCCC(C2N=C(C3C=CC=C(n4c5cc(-c6ccccc6)ccc5c5cc6c(cc54)C(c4ccccc4)(c4ccccc4)c4ccccc4-6)C3)NC(c3ccccc3)N2)=C1. The number of nitrogens with zero attached hydrogens (tertiary/aromatic N) is 2. The van der Waals surface area contributed by atoms with Gasteiger partial charge in [0.2, 0.25) is 0 Å². The van der Waals surface area contributed by atoms with Crippen LogP contribution in [0.4, 0.5) is 0 Å².